The number of aliphatic hydroxyl groups excluding tert-OH is 1. The topological polar surface area (TPSA) is 32.8 Å². The Kier molecular flexibility index (Phi) is 4.33. The molecule has 0 spiro atoms. The summed E-state index contributed by atoms with van der Waals surface area (Å²) in [7, 11) is 0. The van der Waals surface area contributed by atoms with Crippen molar-refractivity contribution in [2.45, 2.75) is 119 Å². The third-order valence-corrected chi connectivity index (χ3v) is 13.3. The fourth-order valence-corrected chi connectivity index (χ4v) is 11.7. The zero-order valence-electron chi connectivity index (χ0n) is 22.0. The molecule has 0 unspecified atom stereocenters. The number of allylic oxidation sites excluding steroid dienone is 1. The van der Waals surface area contributed by atoms with E-state index in [2.05, 4.69) is 61.5 Å². The molecule has 6 rings (SSSR count). The highest BCUT2D eigenvalue weighted by Gasteiger charge is 2.77. The maximum absolute atomic E-state index is 10.9. The van der Waals surface area contributed by atoms with Gasteiger partial charge in [-0.1, -0.05) is 67.0 Å². The monoisotopic (exact) mass is 440 g/mol. The van der Waals surface area contributed by atoms with Gasteiger partial charge in [-0.15, -0.1) is 0 Å². The molecule has 0 radical (unpaired) electrons. The zero-order chi connectivity index (χ0) is 23.1. The minimum Gasteiger partial charge on any atom is -0.393 e. The van der Waals surface area contributed by atoms with Crippen LogP contribution in [0.5, 0.6) is 0 Å². The summed E-state index contributed by atoms with van der Waals surface area (Å²) >= 11 is 0. The molecule has 0 aromatic carbocycles. The lowest BCUT2D eigenvalue weighted by Gasteiger charge is -2.69. The van der Waals surface area contributed by atoms with E-state index in [4.69, 9.17) is 4.74 Å². The Labute approximate surface area is 197 Å². The lowest BCUT2D eigenvalue weighted by Crippen LogP contribution is -2.66. The van der Waals surface area contributed by atoms with E-state index in [1.54, 1.807) is 5.57 Å². The van der Waals surface area contributed by atoms with Gasteiger partial charge in [0.2, 0.25) is 0 Å². The van der Waals surface area contributed by atoms with E-state index >= 15 is 0 Å². The van der Waals surface area contributed by atoms with E-state index in [9.17, 15) is 5.11 Å². The van der Waals surface area contributed by atoms with Crippen LogP contribution >= 0.6 is 0 Å². The van der Waals surface area contributed by atoms with Crippen LogP contribution in [0.4, 0.5) is 0 Å². The van der Waals surface area contributed by atoms with Crippen molar-refractivity contribution in [3.8, 4) is 0 Å². The van der Waals surface area contributed by atoms with E-state index < -0.39 is 0 Å². The van der Waals surface area contributed by atoms with Gasteiger partial charge in [0, 0.05) is 11.3 Å². The van der Waals surface area contributed by atoms with Gasteiger partial charge in [0.05, 0.1) is 18.3 Å². The molecule has 5 aliphatic carbocycles. The van der Waals surface area contributed by atoms with Crippen molar-refractivity contribution < 1.29 is 9.84 Å². The highest BCUT2D eigenvalue weighted by atomic mass is 16.6. The number of aliphatic hydroxyl groups is 1. The minimum atomic E-state index is -0.158. The Bertz CT molecular complexity index is 859. The Hall–Kier alpha value is -0.340. The van der Waals surface area contributed by atoms with Crippen molar-refractivity contribution in [2.75, 3.05) is 0 Å². The van der Waals surface area contributed by atoms with Gasteiger partial charge in [0.1, 0.15) is 0 Å². The van der Waals surface area contributed by atoms with Crippen LogP contribution < -0.4 is 0 Å². The van der Waals surface area contributed by atoms with Gasteiger partial charge in [-0.25, -0.2) is 0 Å². The fraction of sp³-hybridized carbons (Fsp3) is 0.933. The summed E-state index contributed by atoms with van der Waals surface area (Å²) in [6, 6.07) is 0. The maximum atomic E-state index is 10.9. The molecule has 0 aromatic heterocycles. The summed E-state index contributed by atoms with van der Waals surface area (Å²) in [5.41, 5.74) is 2.94. The molecule has 1 saturated heterocycles. The Balaban J connectivity index is 1.47. The van der Waals surface area contributed by atoms with Gasteiger partial charge >= 0.3 is 0 Å². The molecule has 1 N–H and O–H groups in total. The molecule has 5 fully saturated rings. The van der Waals surface area contributed by atoms with Crippen molar-refractivity contribution in [3.05, 3.63) is 11.6 Å². The number of fused-ring (bicyclic) bond motifs is 10. The van der Waals surface area contributed by atoms with Gasteiger partial charge in [0.15, 0.2) is 0 Å². The number of epoxide rings is 1. The summed E-state index contributed by atoms with van der Waals surface area (Å²) in [6.07, 6.45) is 12.1. The first-order chi connectivity index (χ1) is 14.8. The third-order valence-electron chi connectivity index (χ3n) is 13.3. The predicted octanol–water partition coefficient (Wildman–Crippen LogP) is 7.01. The summed E-state index contributed by atoms with van der Waals surface area (Å²) in [4.78, 5) is 0. The van der Waals surface area contributed by atoms with Crippen LogP contribution in [-0.2, 0) is 4.74 Å². The van der Waals surface area contributed by atoms with Crippen molar-refractivity contribution in [3.63, 3.8) is 0 Å². The highest BCUT2D eigenvalue weighted by molar-refractivity contribution is 5.40. The molecule has 180 valence electrons. The molecule has 1 aliphatic heterocycles. The average Bonchev–Trinajstić information content (AvgIpc) is 3.49. The largest absolute Gasteiger partial charge is 0.393 e. The average molecular weight is 441 g/mol. The smallest absolute Gasteiger partial charge is 0.0938 e. The van der Waals surface area contributed by atoms with Crippen molar-refractivity contribution in [2.24, 2.45) is 56.7 Å². The van der Waals surface area contributed by atoms with E-state index in [1.165, 1.54) is 32.1 Å². The van der Waals surface area contributed by atoms with Crippen LogP contribution in [0.3, 0.4) is 0 Å². The van der Waals surface area contributed by atoms with Gasteiger partial charge in [-0.3, -0.25) is 0 Å². The molecule has 32 heavy (non-hydrogen) atoms. The fourth-order valence-electron chi connectivity index (χ4n) is 11.7. The minimum absolute atomic E-state index is 0.00625. The van der Waals surface area contributed by atoms with Crippen LogP contribution in [-0.4, -0.2) is 23.4 Å². The van der Waals surface area contributed by atoms with Gasteiger partial charge in [-0.05, 0) is 90.3 Å². The second kappa shape index (κ2) is 6.26. The van der Waals surface area contributed by atoms with E-state index in [1.807, 2.05) is 0 Å². The normalized spacial score (nSPS) is 62.5. The van der Waals surface area contributed by atoms with E-state index in [-0.39, 0.29) is 27.8 Å². The molecule has 1 heterocycles. The van der Waals surface area contributed by atoms with Crippen molar-refractivity contribution in [1.29, 1.82) is 0 Å². The SMILES string of the molecule is C[C@H]1[C@H](C)CC[C@]2(C)CC=C3[C@](C)([C@H]12)[C@H]1O[C@H]1[C@@H]1[C@@]2(C)CC[C@H](O)C(C)(C)[C@@H]2CC[C@@]31C. The molecular formula is C30H48O2. The number of ether oxygens (including phenoxy) is 1. The Morgan fingerprint density at radius 1 is 0.906 bits per heavy atom. The first-order valence-corrected chi connectivity index (χ1v) is 13.9. The second-order valence-electron chi connectivity index (χ2n) is 15.0. The summed E-state index contributed by atoms with van der Waals surface area (Å²) < 4.78 is 6.87. The van der Waals surface area contributed by atoms with E-state index in [0.29, 0.717) is 29.5 Å². The molecule has 0 bridgehead atoms. The van der Waals surface area contributed by atoms with Crippen LogP contribution in [0.1, 0.15) is 100 Å². The molecular weight excluding hydrogens is 392 g/mol. The van der Waals surface area contributed by atoms with Crippen LogP contribution in [0.15, 0.2) is 11.6 Å². The third kappa shape index (κ3) is 2.36. The second-order valence-corrected chi connectivity index (χ2v) is 15.0. The number of hydrogen-bond acceptors (Lipinski definition) is 2. The molecule has 0 aromatic rings. The standard InChI is InChI=1S/C30H48O2/c1-17-9-13-27(5)14-10-20-29(7)15-11-19-26(3,4)21(31)12-16-28(19,6)24(29)22-25(32-22)30(20,8)23(27)18(17)2/h10,17-19,21-25,31H,9,11-16H2,1-8H3/t17-,18+,19+,21+,22+,23-,24-,25+,27-,28+,29+,30-/m1/s1. The summed E-state index contributed by atoms with van der Waals surface area (Å²) in [6.45, 7) is 20.2. The predicted molar refractivity (Wildman–Crippen MR) is 130 cm³/mol. The van der Waals surface area contributed by atoms with Gasteiger partial charge in [-0.2, -0.15) is 0 Å². The molecule has 6 aliphatic rings. The molecule has 2 nitrogen and oxygen atoms in total. The lowest BCUT2D eigenvalue weighted by molar-refractivity contribution is -0.179. The maximum Gasteiger partial charge on any atom is 0.0938 e. The van der Waals surface area contributed by atoms with Crippen LogP contribution in [0.25, 0.3) is 0 Å². The highest BCUT2D eigenvalue weighted by Crippen LogP contribution is 2.78. The summed E-state index contributed by atoms with van der Waals surface area (Å²) in [5, 5.41) is 10.9. The van der Waals surface area contributed by atoms with Gasteiger partial charge < -0.3 is 9.84 Å². The molecule has 12 atom stereocenters. The first kappa shape index (κ1) is 22.1. The molecule has 2 heteroatoms. The number of hydrogen-bond donors (Lipinski definition) is 1. The van der Waals surface area contributed by atoms with Crippen LogP contribution in [0, 0.1) is 56.7 Å². The first-order valence-electron chi connectivity index (χ1n) is 13.9. The van der Waals surface area contributed by atoms with Crippen molar-refractivity contribution in [1.82, 2.24) is 0 Å². The van der Waals surface area contributed by atoms with Gasteiger partial charge in [0.25, 0.3) is 0 Å². The summed E-state index contributed by atoms with van der Waals surface area (Å²) in [5.74, 6) is 3.52. The van der Waals surface area contributed by atoms with E-state index in [0.717, 1.165) is 30.6 Å². The quantitative estimate of drug-likeness (QED) is 0.324. The Morgan fingerprint density at radius 2 is 1.62 bits per heavy atom. The zero-order valence-corrected chi connectivity index (χ0v) is 22.0. The molecule has 0 amide bonds. The molecule has 4 saturated carbocycles. The Morgan fingerprint density at radius 3 is 2.34 bits per heavy atom. The number of rotatable bonds is 0. The van der Waals surface area contributed by atoms with Crippen LogP contribution in [0.2, 0.25) is 0 Å². The van der Waals surface area contributed by atoms with Crippen molar-refractivity contribution >= 4 is 0 Å². The lowest BCUT2D eigenvalue weighted by atomic mass is 9.34.